The first-order valence-corrected chi connectivity index (χ1v) is 11.9. The molecule has 1 saturated carbocycles. The molecule has 7 nitrogen and oxygen atoms in total. The molecule has 7 heteroatoms. The first-order valence-electron chi connectivity index (χ1n) is 11.9. The molecule has 0 unspecified atom stereocenters. The van der Waals surface area contributed by atoms with Gasteiger partial charge in [-0.1, -0.05) is 24.4 Å². The van der Waals surface area contributed by atoms with Crippen LogP contribution in [0.1, 0.15) is 74.3 Å². The fourth-order valence-electron chi connectivity index (χ4n) is 5.52. The van der Waals surface area contributed by atoms with Gasteiger partial charge in [-0.3, -0.25) is 4.90 Å². The van der Waals surface area contributed by atoms with Crippen molar-refractivity contribution in [3.63, 3.8) is 0 Å². The van der Waals surface area contributed by atoms with E-state index in [0.29, 0.717) is 6.04 Å². The Morgan fingerprint density at radius 3 is 2.72 bits per heavy atom. The minimum absolute atomic E-state index is 0.113. The Labute approximate surface area is 188 Å². The molecule has 1 aliphatic carbocycles. The Morgan fingerprint density at radius 2 is 2.00 bits per heavy atom. The van der Waals surface area contributed by atoms with E-state index in [2.05, 4.69) is 28.8 Å². The summed E-state index contributed by atoms with van der Waals surface area (Å²) in [5.41, 5.74) is 5.24. The van der Waals surface area contributed by atoms with Crippen LogP contribution in [0.4, 0.5) is 10.5 Å². The van der Waals surface area contributed by atoms with E-state index < -0.39 is 0 Å². The summed E-state index contributed by atoms with van der Waals surface area (Å²) >= 11 is 0. The minimum Gasteiger partial charge on any atom is -0.452 e. The van der Waals surface area contributed by atoms with E-state index in [-0.39, 0.29) is 12.1 Å². The predicted octanol–water partition coefficient (Wildman–Crippen LogP) is 5.53. The largest absolute Gasteiger partial charge is 0.452 e. The van der Waals surface area contributed by atoms with E-state index in [0.717, 1.165) is 59.7 Å². The second-order valence-electron chi connectivity index (χ2n) is 9.28. The number of rotatable bonds is 4. The van der Waals surface area contributed by atoms with Gasteiger partial charge in [-0.05, 0) is 51.7 Å². The van der Waals surface area contributed by atoms with E-state index in [1.54, 1.807) is 4.90 Å². The highest BCUT2D eigenvalue weighted by Gasteiger charge is 2.32. The van der Waals surface area contributed by atoms with Gasteiger partial charge in [0.05, 0.1) is 29.5 Å². The lowest BCUT2D eigenvalue weighted by atomic mass is 9.94. The highest BCUT2D eigenvalue weighted by molar-refractivity contribution is 5.95. The van der Waals surface area contributed by atoms with Crippen molar-refractivity contribution in [2.24, 2.45) is 0 Å². The standard InChI is InChI=1S/C25H32N4O3/c1-16-15-19(32-27-16)10-14-23-26-24-20-11-9-17(2)28(25(30)31-3)21(20)12-13-22(24)29(23)18-7-5-4-6-8-18/h12-13,15,17-18H,4-11,14H2,1-3H3/t17-/m0/s1. The molecular formula is C25H32N4O3. The number of amides is 1. The van der Waals surface area contributed by atoms with E-state index in [4.69, 9.17) is 14.2 Å². The average molecular weight is 437 g/mol. The van der Waals surface area contributed by atoms with Gasteiger partial charge in [0.15, 0.2) is 0 Å². The number of methoxy groups -OCH3 is 1. The smallest absolute Gasteiger partial charge is 0.414 e. The van der Waals surface area contributed by atoms with Crippen molar-refractivity contribution in [1.82, 2.24) is 14.7 Å². The van der Waals surface area contributed by atoms with Crippen molar-refractivity contribution in [3.8, 4) is 0 Å². The van der Waals surface area contributed by atoms with E-state index in [1.807, 2.05) is 13.0 Å². The summed E-state index contributed by atoms with van der Waals surface area (Å²) < 4.78 is 13.0. The molecule has 0 spiro atoms. The second kappa shape index (κ2) is 8.60. The molecule has 5 rings (SSSR count). The summed E-state index contributed by atoms with van der Waals surface area (Å²) in [5.74, 6) is 2.01. The maximum atomic E-state index is 12.5. The Kier molecular flexibility index (Phi) is 5.66. The number of nitrogens with zero attached hydrogens (tertiary/aromatic N) is 4. The molecule has 3 aromatic rings. The van der Waals surface area contributed by atoms with Crippen molar-refractivity contribution < 1.29 is 14.1 Å². The number of imidazole rings is 1. The van der Waals surface area contributed by atoms with Crippen LogP contribution in [0, 0.1) is 6.92 Å². The zero-order chi connectivity index (χ0) is 22.2. The summed E-state index contributed by atoms with van der Waals surface area (Å²) in [4.78, 5) is 19.5. The lowest BCUT2D eigenvalue weighted by Gasteiger charge is -2.34. The molecule has 3 heterocycles. The van der Waals surface area contributed by atoms with Gasteiger partial charge in [0.1, 0.15) is 11.6 Å². The van der Waals surface area contributed by atoms with Crippen molar-refractivity contribution in [1.29, 1.82) is 0 Å². The number of aromatic nitrogens is 3. The SMILES string of the molecule is COC(=O)N1c2ccc3c(nc(CCc4cc(C)no4)n3C3CCCCC3)c2CC[C@@H]1C. The first-order chi connectivity index (χ1) is 15.6. The zero-order valence-electron chi connectivity index (χ0n) is 19.3. The highest BCUT2D eigenvalue weighted by atomic mass is 16.5. The van der Waals surface area contributed by atoms with Crippen LogP contribution in [-0.4, -0.2) is 34.0 Å². The lowest BCUT2D eigenvalue weighted by molar-refractivity contribution is 0.175. The van der Waals surface area contributed by atoms with Crippen LogP contribution in [0.25, 0.3) is 11.0 Å². The average Bonchev–Trinajstić information content (AvgIpc) is 3.40. The second-order valence-corrected chi connectivity index (χ2v) is 9.28. The van der Waals surface area contributed by atoms with Crippen LogP contribution < -0.4 is 4.90 Å². The zero-order valence-corrected chi connectivity index (χ0v) is 19.3. The van der Waals surface area contributed by atoms with Crippen molar-refractivity contribution in [2.75, 3.05) is 12.0 Å². The minimum atomic E-state index is -0.301. The van der Waals surface area contributed by atoms with E-state index in [1.165, 1.54) is 44.7 Å². The van der Waals surface area contributed by atoms with Crippen LogP contribution in [0.3, 0.4) is 0 Å². The highest BCUT2D eigenvalue weighted by Crippen LogP contribution is 2.39. The normalized spacial score (nSPS) is 19.3. The number of anilines is 1. The molecule has 0 radical (unpaired) electrons. The molecule has 1 atom stereocenters. The third kappa shape index (κ3) is 3.67. The lowest BCUT2D eigenvalue weighted by Crippen LogP contribution is -2.42. The molecule has 1 aliphatic heterocycles. The van der Waals surface area contributed by atoms with Gasteiger partial charge in [-0.2, -0.15) is 0 Å². The molecule has 170 valence electrons. The monoisotopic (exact) mass is 436 g/mol. The molecule has 1 amide bonds. The number of carbonyl (C=O) groups is 1. The number of aryl methyl sites for hydroxylation is 4. The Morgan fingerprint density at radius 1 is 1.19 bits per heavy atom. The number of ether oxygens (including phenoxy) is 1. The van der Waals surface area contributed by atoms with Gasteiger partial charge in [0.2, 0.25) is 0 Å². The number of carbonyl (C=O) groups excluding carboxylic acids is 1. The number of hydrogen-bond donors (Lipinski definition) is 0. The Hall–Kier alpha value is -2.83. The molecule has 1 aromatic carbocycles. The van der Waals surface area contributed by atoms with Crippen molar-refractivity contribution in [2.45, 2.75) is 83.7 Å². The Balaban J connectivity index is 1.59. The van der Waals surface area contributed by atoms with Gasteiger partial charge in [0.25, 0.3) is 0 Å². The third-order valence-electron chi connectivity index (χ3n) is 7.11. The Bertz CT molecular complexity index is 1130. The fourth-order valence-corrected chi connectivity index (χ4v) is 5.52. The summed E-state index contributed by atoms with van der Waals surface area (Å²) in [5, 5.41) is 4.03. The predicted molar refractivity (Wildman–Crippen MR) is 123 cm³/mol. The molecule has 1 fully saturated rings. The van der Waals surface area contributed by atoms with E-state index in [9.17, 15) is 4.79 Å². The van der Waals surface area contributed by atoms with Crippen LogP contribution in [0.5, 0.6) is 0 Å². The number of fused-ring (bicyclic) bond motifs is 3. The topological polar surface area (TPSA) is 73.4 Å². The molecule has 32 heavy (non-hydrogen) atoms. The van der Waals surface area contributed by atoms with Crippen molar-refractivity contribution in [3.05, 3.63) is 41.0 Å². The summed E-state index contributed by atoms with van der Waals surface area (Å²) in [6.07, 6.45) is 9.37. The number of benzene rings is 1. The maximum absolute atomic E-state index is 12.5. The first kappa shape index (κ1) is 21.0. The van der Waals surface area contributed by atoms with Gasteiger partial charge < -0.3 is 13.8 Å². The van der Waals surface area contributed by atoms with Gasteiger partial charge in [0, 0.05) is 36.6 Å². The molecule has 0 N–H and O–H groups in total. The van der Waals surface area contributed by atoms with Crippen molar-refractivity contribution >= 4 is 22.8 Å². The summed E-state index contributed by atoms with van der Waals surface area (Å²) in [7, 11) is 1.45. The molecule has 0 saturated heterocycles. The maximum Gasteiger partial charge on any atom is 0.414 e. The van der Waals surface area contributed by atoms with Crippen LogP contribution in [-0.2, 0) is 24.0 Å². The van der Waals surface area contributed by atoms with Crippen LogP contribution >= 0.6 is 0 Å². The van der Waals surface area contributed by atoms with E-state index >= 15 is 0 Å². The molecular weight excluding hydrogens is 404 g/mol. The van der Waals surface area contributed by atoms with Crippen LogP contribution in [0.2, 0.25) is 0 Å². The summed E-state index contributed by atoms with van der Waals surface area (Å²) in [6.45, 7) is 4.03. The molecule has 2 aromatic heterocycles. The number of hydrogen-bond acceptors (Lipinski definition) is 5. The fraction of sp³-hybridized carbons (Fsp3) is 0.560. The molecule has 2 aliphatic rings. The summed E-state index contributed by atoms with van der Waals surface area (Å²) in [6, 6.07) is 6.85. The van der Waals surface area contributed by atoms with Gasteiger partial charge in [-0.25, -0.2) is 9.78 Å². The third-order valence-corrected chi connectivity index (χ3v) is 7.11. The van der Waals surface area contributed by atoms with Gasteiger partial charge in [-0.15, -0.1) is 0 Å². The molecule has 0 bridgehead atoms. The van der Waals surface area contributed by atoms with Gasteiger partial charge >= 0.3 is 6.09 Å². The quantitative estimate of drug-likeness (QED) is 0.538. The van der Waals surface area contributed by atoms with Crippen LogP contribution in [0.15, 0.2) is 22.7 Å².